The van der Waals surface area contributed by atoms with Crippen molar-refractivity contribution in [3.05, 3.63) is 11.8 Å². The lowest BCUT2D eigenvalue weighted by molar-refractivity contribution is -0.282. The highest BCUT2D eigenvalue weighted by molar-refractivity contribution is 5.80. The Hall–Kier alpha value is -1.67. The van der Waals surface area contributed by atoms with Crippen molar-refractivity contribution in [2.24, 2.45) is 34.4 Å². The molecule has 0 radical (unpaired) electrons. The molecule has 1 unspecified atom stereocenters. The first-order valence-electron chi connectivity index (χ1n) is 15.7. The number of ether oxygens (including phenoxy) is 6. The van der Waals surface area contributed by atoms with Crippen LogP contribution in [0, 0.1) is 0 Å². The summed E-state index contributed by atoms with van der Waals surface area (Å²) in [6.07, 6.45) is -15.6. The monoisotopic (exact) mass is 681 g/mol. The molecule has 17 atom stereocenters. The van der Waals surface area contributed by atoms with E-state index in [0.29, 0.717) is 12.2 Å². The molecule has 272 valence electrons. The lowest BCUT2D eigenvalue weighted by Crippen LogP contribution is -2.67. The van der Waals surface area contributed by atoms with E-state index in [2.05, 4.69) is 5.32 Å². The zero-order valence-corrected chi connectivity index (χ0v) is 25.8. The molecule has 1 saturated carbocycles. The molecule has 3 heterocycles. The average Bonchev–Trinajstić information content (AvgIpc) is 3.35. The van der Waals surface area contributed by atoms with Crippen molar-refractivity contribution in [2.75, 3.05) is 26.2 Å². The number of nitrogens with one attached hydrogen (secondary N) is 1. The van der Waals surface area contributed by atoms with Gasteiger partial charge in [0.1, 0.15) is 66.8 Å². The third-order valence-electron chi connectivity index (χ3n) is 8.85. The van der Waals surface area contributed by atoms with E-state index in [0.717, 1.165) is 0 Å². The van der Waals surface area contributed by atoms with E-state index >= 15 is 0 Å². The Morgan fingerprint density at radius 3 is 2.17 bits per heavy atom. The Morgan fingerprint density at radius 2 is 1.53 bits per heavy atom. The second kappa shape index (κ2) is 16.8. The highest BCUT2D eigenvalue weighted by Crippen LogP contribution is 2.34. The summed E-state index contributed by atoms with van der Waals surface area (Å²) in [6.45, 7) is -0.728. The van der Waals surface area contributed by atoms with Gasteiger partial charge in [0.15, 0.2) is 12.6 Å². The van der Waals surface area contributed by atoms with E-state index in [1.807, 2.05) is 0 Å². The molecule has 47 heavy (non-hydrogen) atoms. The van der Waals surface area contributed by atoms with E-state index in [1.165, 1.54) is 0 Å². The lowest BCUT2D eigenvalue weighted by Gasteiger charge is -2.46. The van der Waals surface area contributed by atoms with Crippen LogP contribution in [0.2, 0.25) is 0 Å². The second-order valence-corrected chi connectivity index (χ2v) is 12.2. The highest BCUT2D eigenvalue weighted by atomic mass is 16.8. The lowest BCUT2D eigenvalue weighted by atomic mass is 9.83. The van der Waals surface area contributed by atoms with Gasteiger partial charge in [-0.15, -0.1) is 0 Å². The van der Waals surface area contributed by atoms with Crippen LogP contribution in [0.25, 0.3) is 0 Å². The quantitative estimate of drug-likeness (QED) is 0.0858. The molecule has 0 aromatic rings. The third-order valence-corrected chi connectivity index (χ3v) is 8.85. The Kier molecular flexibility index (Phi) is 13.7. The smallest absolute Gasteiger partial charge is 0.249 e. The molecule has 20 heteroatoms. The normalized spacial score (nSPS) is 44.8. The molecule has 0 aromatic carbocycles. The van der Waals surface area contributed by atoms with Crippen molar-refractivity contribution in [1.29, 1.82) is 0 Å². The Balaban J connectivity index is 1.55. The summed E-state index contributed by atoms with van der Waals surface area (Å²) >= 11 is 0. The minimum Gasteiger partial charge on any atom is -0.467 e. The van der Waals surface area contributed by atoms with Gasteiger partial charge in [0, 0.05) is 12.6 Å². The van der Waals surface area contributed by atoms with Gasteiger partial charge in [0.2, 0.25) is 12.2 Å². The van der Waals surface area contributed by atoms with Crippen molar-refractivity contribution in [2.45, 2.75) is 123 Å². The van der Waals surface area contributed by atoms with Crippen LogP contribution in [-0.2, 0) is 33.2 Å². The summed E-state index contributed by atoms with van der Waals surface area (Å²) in [4.78, 5) is 12.6. The molecule has 2 saturated heterocycles. The molecule has 4 aliphatic rings. The zero-order chi connectivity index (χ0) is 34.6. The summed E-state index contributed by atoms with van der Waals surface area (Å²) in [5, 5.41) is 66.1. The van der Waals surface area contributed by atoms with Gasteiger partial charge in [-0.3, -0.25) is 4.79 Å². The van der Waals surface area contributed by atoms with Gasteiger partial charge < -0.3 is 98.8 Å². The maximum atomic E-state index is 12.6. The fourth-order valence-corrected chi connectivity index (χ4v) is 6.07. The first kappa shape index (κ1) is 38.1. The van der Waals surface area contributed by atoms with Crippen LogP contribution < -0.4 is 39.7 Å². The molecule has 3 aliphatic heterocycles. The van der Waals surface area contributed by atoms with Gasteiger partial charge in [-0.25, -0.2) is 0 Å². The summed E-state index contributed by atoms with van der Waals surface area (Å²) in [5.74, 6) is -0.367. The van der Waals surface area contributed by atoms with Crippen LogP contribution >= 0.6 is 0 Å². The first-order valence-corrected chi connectivity index (χ1v) is 15.7. The molecule has 4 rings (SSSR count). The SMILES string of the molecule is NCCC(O)C(=O)N[C@@H]1C[C@H](N)[C@@H](O[C@H]2OC(CN)=CC[C@H]2N)[C@H](O[C@@H]2O[C@H](CO)[C@@H](O[C@H]3O[C@@H](CN)[C@@H](O)[C@H](O)[C@H]3N)[C@H]2O)[C@H]1O. The standard InChI is InChI=1S/C27H51N7O13/c28-4-3-13(36)24(41)34-12-5-11(32)21(45-25-10(31)2-1-9(6-29)42-25)23(17(12)37)47-27-20(40)22(15(8-35)44-27)46-26-16(33)19(39)18(38)14(7-30)43-26/h1,10-23,25-27,35-40H,2-8,28-33H2,(H,34,41)/t10-,11+,12-,13?,14+,15-,16-,17+,18-,19-,20-,21-,22-,23-,25-,26-,27+/m1/s1. The molecule has 20 nitrogen and oxygen atoms in total. The van der Waals surface area contributed by atoms with Gasteiger partial charge in [-0.2, -0.15) is 0 Å². The Labute approximate surface area is 271 Å². The van der Waals surface area contributed by atoms with E-state index in [9.17, 15) is 35.4 Å². The summed E-state index contributed by atoms with van der Waals surface area (Å²) in [5.41, 5.74) is 35.6. The van der Waals surface area contributed by atoms with Crippen molar-refractivity contribution >= 4 is 5.91 Å². The fraction of sp³-hybridized carbons (Fsp3) is 0.889. The second-order valence-electron chi connectivity index (χ2n) is 12.2. The van der Waals surface area contributed by atoms with Gasteiger partial charge in [-0.05, 0) is 31.9 Å². The minimum absolute atomic E-state index is 0.0251. The Bertz CT molecular complexity index is 1050. The minimum atomic E-state index is -1.64. The number of hydrogen-bond acceptors (Lipinski definition) is 19. The number of rotatable bonds is 13. The van der Waals surface area contributed by atoms with Crippen molar-refractivity contribution in [3.63, 3.8) is 0 Å². The van der Waals surface area contributed by atoms with E-state index < -0.39 is 117 Å². The molecular formula is C27H51N7O13. The van der Waals surface area contributed by atoms with Crippen LogP contribution in [0.3, 0.4) is 0 Å². The first-order chi connectivity index (χ1) is 22.3. The molecule has 0 bridgehead atoms. The van der Waals surface area contributed by atoms with Gasteiger partial charge >= 0.3 is 0 Å². The number of carbonyl (C=O) groups is 1. The summed E-state index contributed by atoms with van der Waals surface area (Å²) in [6, 6.07) is -3.88. The number of carbonyl (C=O) groups excluding carboxylic acids is 1. The number of aliphatic hydroxyl groups is 6. The van der Waals surface area contributed by atoms with Crippen LogP contribution in [0.1, 0.15) is 19.3 Å². The van der Waals surface area contributed by atoms with Crippen LogP contribution in [0.5, 0.6) is 0 Å². The number of hydrogen-bond donors (Lipinski definition) is 13. The van der Waals surface area contributed by atoms with Crippen molar-refractivity contribution in [1.82, 2.24) is 5.32 Å². The molecule has 1 aliphatic carbocycles. The summed E-state index contributed by atoms with van der Waals surface area (Å²) < 4.78 is 35.3. The predicted octanol–water partition coefficient (Wildman–Crippen LogP) is -7.84. The zero-order valence-electron chi connectivity index (χ0n) is 25.8. The summed E-state index contributed by atoms with van der Waals surface area (Å²) in [7, 11) is 0. The average molecular weight is 682 g/mol. The number of aliphatic hydroxyl groups excluding tert-OH is 6. The van der Waals surface area contributed by atoms with Crippen molar-refractivity contribution in [3.8, 4) is 0 Å². The third kappa shape index (κ3) is 8.56. The predicted molar refractivity (Wildman–Crippen MR) is 159 cm³/mol. The van der Waals surface area contributed by atoms with Gasteiger partial charge in [-0.1, -0.05) is 0 Å². The molecule has 0 aromatic heterocycles. The molecule has 3 fully saturated rings. The molecule has 0 spiro atoms. The van der Waals surface area contributed by atoms with Crippen LogP contribution in [0.4, 0.5) is 0 Å². The molecule has 19 N–H and O–H groups in total. The fourth-order valence-electron chi connectivity index (χ4n) is 6.07. The molecular weight excluding hydrogens is 630 g/mol. The molecule has 1 amide bonds. The van der Waals surface area contributed by atoms with E-state index in [1.54, 1.807) is 6.08 Å². The van der Waals surface area contributed by atoms with Crippen molar-refractivity contribution < 1.29 is 63.9 Å². The maximum Gasteiger partial charge on any atom is 0.249 e. The van der Waals surface area contributed by atoms with Crippen LogP contribution in [0.15, 0.2) is 11.8 Å². The van der Waals surface area contributed by atoms with E-state index in [4.69, 9.17) is 62.8 Å². The van der Waals surface area contributed by atoms with Crippen LogP contribution in [-0.4, -0.2) is 167 Å². The van der Waals surface area contributed by atoms with E-state index in [-0.39, 0.29) is 32.5 Å². The largest absolute Gasteiger partial charge is 0.467 e. The number of nitrogens with two attached hydrogens (primary N) is 6. The Morgan fingerprint density at radius 1 is 0.872 bits per heavy atom. The number of amides is 1. The van der Waals surface area contributed by atoms with Gasteiger partial charge in [0.25, 0.3) is 0 Å². The van der Waals surface area contributed by atoms with Gasteiger partial charge in [0.05, 0.1) is 31.3 Å². The highest BCUT2D eigenvalue weighted by Gasteiger charge is 2.54. The topological polar surface area (TPSA) is 362 Å². The maximum absolute atomic E-state index is 12.6.